The Labute approximate surface area is 125 Å². The molecule has 0 fully saturated rings. The summed E-state index contributed by atoms with van der Waals surface area (Å²) in [5, 5.41) is 16.3. The van der Waals surface area contributed by atoms with Gasteiger partial charge in [-0.25, -0.2) is 4.98 Å². The maximum atomic E-state index is 9.83. The molecule has 0 saturated carbocycles. The van der Waals surface area contributed by atoms with Crippen molar-refractivity contribution in [2.24, 2.45) is 0 Å². The standard InChI is InChI=1S/C15H11ClN2OS/c16-11-6-2-3-7-12(11)17-15-18-13(9-20-15)10-5-1-4-8-14(10)19/h1-9,19H,(H,17,18). The molecule has 0 saturated heterocycles. The minimum Gasteiger partial charge on any atom is -0.507 e. The molecule has 3 rings (SSSR count). The number of phenolic OH excluding ortho intramolecular Hbond substituents is 1. The molecule has 0 radical (unpaired) electrons. The maximum Gasteiger partial charge on any atom is 0.187 e. The summed E-state index contributed by atoms with van der Waals surface area (Å²) in [6.07, 6.45) is 0. The lowest BCUT2D eigenvalue weighted by atomic mass is 10.1. The molecule has 5 heteroatoms. The van der Waals surface area contributed by atoms with Crippen LogP contribution in [0.3, 0.4) is 0 Å². The van der Waals surface area contributed by atoms with Crippen LogP contribution in [0.25, 0.3) is 11.3 Å². The lowest BCUT2D eigenvalue weighted by Gasteiger charge is -2.04. The average Bonchev–Trinajstić information content (AvgIpc) is 2.90. The number of phenols is 1. The van der Waals surface area contributed by atoms with Crippen LogP contribution in [0.1, 0.15) is 0 Å². The smallest absolute Gasteiger partial charge is 0.187 e. The Morgan fingerprint density at radius 3 is 2.60 bits per heavy atom. The summed E-state index contributed by atoms with van der Waals surface area (Å²) in [5.41, 5.74) is 2.27. The van der Waals surface area contributed by atoms with Gasteiger partial charge in [0.05, 0.1) is 16.4 Å². The minimum absolute atomic E-state index is 0.224. The van der Waals surface area contributed by atoms with Gasteiger partial charge in [-0.3, -0.25) is 0 Å². The van der Waals surface area contributed by atoms with Crippen molar-refractivity contribution in [3.63, 3.8) is 0 Å². The lowest BCUT2D eigenvalue weighted by molar-refractivity contribution is 0.477. The third-order valence-electron chi connectivity index (χ3n) is 2.80. The van der Waals surface area contributed by atoms with Crippen molar-refractivity contribution in [1.82, 2.24) is 4.98 Å². The minimum atomic E-state index is 0.224. The molecule has 3 aromatic rings. The fourth-order valence-electron chi connectivity index (χ4n) is 1.82. The van der Waals surface area contributed by atoms with Crippen LogP contribution < -0.4 is 5.32 Å². The number of thiazole rings is 1. The molecule has 20 heavy (non-hydrogen) atoms. The number of nitrogens with zero attached hydrogens (tertiary/aromatic N) is 1. The van der Waals surface area contributed by atoms with E-state index in [1.807, 2.05) is 41.8 Å². The molecular formula is C15H11ClN2OS. The number of para-hydroxylation sites is 2. The molecular weight excluding hydrogens is 292 g/mol. The summed E-state index contributed by atoms with van der Waals surface area (Å²) in [5.74, 6) is 0.224. The first-order valence-electron chi connectivity index (χ1n) is 5.99. The largest absolute Gasteiger partial charge is 0.507 e. The number of aromatic nitrogens is 1. The fourth-order valence-corrected chi connectivity index (χ4v) is 2.73. The molecule has 1 heterocycles. The average molecular weight is 303 g/mol. The van der Waals surface area contributed by atoms with E-state index >= 15 is 0 Å². The predicted octanol–water partition coefficient (Wildman–Crippen LogP) is 4.91. The van der Waals surface area contributed by atoms with Gasteiger partial charge >= 0.3 is 0 Å². The van der Waals surface area contributed by atoms with Gasteiger partial charge in [0.1, 0.15) is 5.75 Å². The number of hydrogen-bond donors (Lipinski definition) is 2. The SMILES string of the molecule is Oc1ccccc1-c1csc(Nc2ccccc2Cl)n1. The Balaban J connectivity index is 1.88. The van der Waals surface area contributed by atoms with E-state index in [9.17, 15) is 5.11 Å². The van der Waals surface area contributed by atoms with Crippen LogP contribution in [-0.4, -0.2) is 10.1 Å². The van der Waals surface area contributed by atoms with Crippen molar-refractivity contribution >= 4 is 33.8 Å². The summed E-state index contributed by atoms with van der Waals surface area (Å²) >= 11 is 7.56. The monoisotopic (exact) mass is 302 g/mol. The molecule has 2 N–H and O–H groups in total. The normalized spacial score (nSPS) is 10.4. The Morgan fingerprint density at radius 2 is 1.80 bits per heavy atom. The third kappa shape index (κ3) is 2.61. The van der Waals surface area contributed by atoms with Gasteiger partial charge in [-0.05, 0) is 24.3 Å². The molecule has 0 aliphatic heterocycles. The number of hydrogen-bond acceptors (Lipinski definition) is 4. The number of nitrogens with one attached hydrogen (secondary N) is 1. The van der Waals surface area contributed by atoms with Gasteiger partial charge in [0.25, 0.3) is 0 Å². The molecule has 1 aromatic heterocycles. The summed E-state index contributed by atoms with van der Waals surface area (Å²) < 4.78 is 0. The van der Waals surface area contributed by atoms with Crippen molar-refractivity contribution in [3.05, 3.63) is 58.9 Å². The van der Waals surface area contributed by atoms with Crippen LogP contribution in [0.4, 0.5) is 10.8 Å². The summed E-state index contributed by atoms with van der Waals surface area (Å²) in [7, 11) is 0. The Morgan fingerprint density at radius 1 is 1.05 bits per heavy atom. The van der Waals surface area contributed by atoms with Crippen LogP contribution in [0.5, 0.6) is 5.75 Å². The van der Waals surface area contributed by atoms with Crippen LogP contribution in [0.15, 0.2) is 53.9 Å². The topological polar surface area (TPSA) is 45.1 Å². The molecule has 3 nitrogen and oxygen atoms in total. The summed E-state index contributed by atoms with van der Waals surface area (Å²) in [6.45, 7) is 0. The first kappa shape index (κ1) is 13.0. The summed E-state index contributed by atoms with van der Waals surface area (Å²) in [4.78, 5) is 4.47. The molecule has 0 spiro atoms. The van der Waals surface area contributed by atoms with E-state index in [4.69, 9.17) is 11.6 Å². The maximum absolute atomic E-state index is 9.83. The number of rotatable bonds is 3. The number of benzene rings is 2. The first-order valence-corrected chi connectivity index (χ1v) is 7.25. The fraction of sp³-hybridized carbons (Fsp3) is 0. The molecule has 2 aromatic carbocycles. The van der Waals surface area contributed by atoms with Crippen LogP contribution in [-0.2, 0) is 0 Å². The Bertz CT molecular complexity index is 742. The highest BCUT2D eigenvalue weighted by molar-refractivity contribution is 7.14. The number of aromatic hydroxyl groups is 1. The second-order valence-electron chi connectivity index (χ2n) is 4.16. The van der Waals surface area contributed by atoms with E-state index in [2.05, 4.69) is 10.3 Å². The molecule has 0 bridgehead atoms. The van der Waals surface area contributed by atoms with Gasteiger partial charge in [0.15, 0.2) is 5.13 Å². The second-order valence-corrected chi connectivity index (χ2v) is 5.43. The van der Waals surface area contributed by atoms with Gasteiger partial charge in [0, 0.05) is 10.9 Å². The second kappa shape index (κ2) is 5.53. The van der Waals surface area contributed by atoms with Crippen LogP contribution in [0, 0.1) is 0 Å². The van der Waals surface area contributed by atoms with Crippen molar-refractivity contribution in [3.8, 4) is 17.0 Å². The highest BCUT2D eigenvalue weighted by Gasteiger charge is 2.09. The molecule has 0 aliphatic carbocycles. The van der Waals surface area contributed by atoms with Crippen molar-refractivity contribution in [2.75, 3.05) is 5.32 Å². The number of halogens is 1. The van der Waals surface area contributed by atoms with Crippen molar-refractivity contribution < 1.29 is 5.11 Å². The van der Waals surface area contributed by atoms with Gasteiger partial charge in [-0.15, -0.1) is 11.3 Å². The van der Waals surface area contributed by atoms with E-state index in [0.29, 0.717) is 5.02 Å². The highest BCUT2D eigenvalue weighted by Crippen LogP contribution is 2.33. The molecule has 0 aliphatic rings. The van der Waals surface area contributed by atoms with E-state index in [0.717, 1.165) is 22.1 Å². The van der Waals surface area contributed by atoms with E-state index < -0.39 is 0 Å². The first-order chi connectivity index (χ1) is 9.74. The lowest BCUT2D eigenvalue weighted by Crippen LogP contribution is -1.90. The Kier molecular flexibility index (Phi) is 3.58. The molecule has 0 atom stereocenters. The zero-order chi connectivity index (χ0) is 13.9. The Hall–Kier alpha value is -2.04. The zero-order valence-corrected chi connectivity index (χ0v) is 11.9. The number of anilines is 2. The molecule has 0 unspecified atom stereocenters. The van der Waals surface area contributed by atoms with Crippen LogP contribution >= 0.6 is 22.9 Å². The van der Waals surface area contributed by atoms with Gasteiger partial charge in [0.2, 0.25) is 0 Å². The van der Waals surface area contributed by atoms with Gasteiger partial charge in [-0.2, -0.15) is 0 Å². The van der Waals surface area contributed by atoms with E-state index in [-0.39, 0.29) is 5.75 Å². The third-order valence-corrected chi connectivity index (χ3v) is 3.89. The highest BCUT2D eigenvalue weighted by atomic mass is 35.5. The van der Waals surface area contributed by atoms with Crippen molar-refractivity contribution in [1.29, 1.82) is 0 Å². The predicted molar refractivity (Wildman–Crippen MR) is 83.9 cm³/mol. The zero-order valence-electron chi connectivity index (χ0n) is 10.4. The van der Waals surface area contributed by atoms with Crippen LogP contribution in [0.2, 0.25) is 5.02 Å². The van der Waals surface area contributed by atoms with Gasteiger partial charge < -0.3 is 10.4 Å². The van der Waals surface area contributed by atoms with Crippen molar-refractivity contribution in [2.45, 2.75) is 0 Å². The summed E-state index contributed by atoms with van der Waals surface area (Å²) in [6, 6.07) is 14.6. The quantitative estimate of drug-likeness (QED) is 0.722. The van der Waals surface area contributed by atoms with E-state index in [1.165, 1.54) is 11.3 Å². The molecule has 0 amide bonds. The van der Waals surface area contributed by atoms with Gasteiger partial charge in [-0.1, -0.05) is 35.9 Å². The molecule has 100 valence electrons. The van der Waals surface area contributed by atoms with E-state index in [1.54, 1.807) is 12.1 Å².